The van der Waals surface area contributed by atoms with Crippen LogP contribution in [-0.2, 0) is 14.8 Å². The van der Waals surface area contributed by atoms with E-state index in [-0.39, 0.29) is 23.4 Å². The lowest BCUT2D eigenvalue weighted by Crippen LogP contribution is -2.36. The summed E-state index contributed by atoms with van der Waals surface area (Å²) < 4.78 is 26.6. The molecule has 6 nitrogen and oxygen atoms in total. The molecule has 0 aromatic heterocycles. The van der Waals surface area contributed by atoms with E-state index in [0.717, 1.165) is 11.3 Å². The predicted octanol–water partition coefficient (Wildman–Crippen LogP) is 3.03. The smallest absolute Gasteiger partial charge is 0.243 e. The fourth-order valence-corrected chi connectivity index (χ4v) is 4.37. The number of hydrogen-bond acceptors (Lipinski definition) is 4. The van der Waals surface area contributed by atoms with Crippen molar-refractivity contribution in [3.63, 3.8) is 0 Å². The number of anilines is 1. The van der Waals surface area contributed by atoms with E-state index in [1.54, 1.807) is 36.2 Å². The number of carbonyl (C=O) groups is 1. The molecule has 1 atom stereocenters. The van der Waals surface area contributed by atoms with Crippen molar-refractivity contribution in [2.24, 2.45) is 0 Å². The summed E-state index contributed by atoms with van der Waals surface area (Å²) in [7, 11) is -1.71. The summed E-state index contributed by atoms with van der Waals surface area (Å²) in [6.07, 6.45) is 0. The van der Waals surface area contributed by atoms with Crippen molar-refractivity contribution >= 4 is 21.6 Å². The molecule has 0 radical (unpaired) electrons. The summed E-state index contributed by atoms with van der Waals surface area (Å²) in [5.41, 5.74) is 1.77. The van der Waals surface area contributed by atoms with Gasteiger partial charge in [0.2, 0.25) is 15.9 Å². The number of rotatable bonds is 9. The molecule has 0 saturated carbocycles. The van der Waals surface area contributed by atoms with E-state index >= 15 is 0 Å². The molecule has 2 aromatic carbocycles. The van der Waals surface area contributed by atoms with Gasteiger partial charge in [-0.15, -0.1) is 0 Å². The fourth-order valence-electron chi connectivity index (χ4n) is 2.91. The van der Waals surface area contributed by atoms with Crippen molar-refractivity contribution in [1.82, 2.24) is 9.62 Å². The topological polar surface area (TPSA) is 69.7 Å². The van der Waals surface area contributed by atoms with Crippen LogP contribution in [-0.4, -0.2) is 45.3 Å². The van der Waals surface area contributed by atoms with E-state index in [4.69, 9.17) is 0 Å². The first-order chi connectivity index (χ1) is 13.3. The van der Waals surface area contributed by atoms with Gasteiger partial charge in [0, 0.05) is 31.9 Å². The van der Waals surface area contributed by atoms with E-state index in [1.807, 2.05) is 51.1 Å². The van der Waals surface area contributed by atoms with Gasteiger partial charge in [-0.1, -0.05) is 44.2 Å². The Kier molecular flexibility index (Phi) is 7.74. The SMILES string of the molecule is CCN(CC)S(=O)(=O)c1ccc([C@H](C)NCC(=O)N(C)c2ccccc2)cc1. The molecule has 0 heterocycles. The highest BCUT2D eigenvalue weighted by atomic mass is 32.2. The van der Waals surface area contributed by atoms with Crippen molar-refractivity contribution in [2.75, 3.05) is 31.6 Å². The second-order valence-corrected chi connectivity index (χ2v) is 8.49. The molecular weight excluding hydrogens is 374 g/mol. The Hall–Kier alpha value is -2.22. The minimum atomic E-state index is -3.46. The van der Waals surface area contributed by atoms with Gasteiger partial charge in [0.1, 0.15) is 0 Å². The number of hydrogen-bond donors (Lipinski definition) is 1. The van der Waals surface area contributed by atoms with Gasteiger partial charge in [-0.05, 0) is 36.8 Å². The van der Waals surface area contributed by atoms with Crippen molar-refractivity contribution in [1.29, 1.82) is 0 Å². The van der Waals surface area contributed by atoms with Gasteiger partial charge in [0.05, 0.1) is 11.4 Å². The summed E-state index contributed by atoms with van der Waals surface area (Å²) in [4.78, 5) is 14.3. The number of nitrogens with one attached hydrogen (secondary N) is 1. The number of nitrogens with zero attached hydrogens (tertiary/aromatic N) is 2. The fraction of sp³-hybridized carbons (Fsp3) is 0.381. The summed E-state index contributed by atoms with van der Waals surface area (Å²) in [5, 5.41) is 3.20. The molecule has 1 N–H and O–H groups in total. The summed E-state index contributed by atoms with van der Waals surface area (Å²) in [6.45, 7) is 6.66. The zero-order valence-corrected chi connectivity index (χ0v) is 17.7. The summed E-state index contributed by atoms with van der Waals surface area (Å²) in [6, 6.07) is 16.2. The Bertz CT molecular complexity index is 864. The third kappa shape index (κ3) is 5.19. The Balaban J connectivity index is 1.99. The van der Waals surface area contributed by atoms with Crippen molar-refractivity contribution in [3.8, 4) is 0 Å². The second kappa shape index (κ2) is 9.82. The first-order valence-corrected chi connectivity index (χ1v) is 10.9. The lowest BCUT2D eigenvalue weighted by atomic mass is 10.1. The quantitative estimate of drug-likeness (QED) is 0.699. The number of sulfonamides is 1. The molecule has 0 bridgehead atoms. The molecule has 0 unspecified atom stereocenters. The van der Waals surface area contributed by atoms with Crippen LogP contribution in [0.3, 0.4) is 0 Å². The predicted molar refractivity (Wildman–Crippen MR) is 113 cm³/mol. The molecule has 0 aliphatic carbocycles. The third-order valence-electron chi connectivity index (χ3n) is 4.80. The van der Waals surface area contributed by atoms with Crippen molar-refractivity contribution in [3.05, 3.63) is 60.2 Å². The number of para-hydroxylation sites is 1. The summed E-state index contributed by atoms with van der Waals surface area (Å²) >= 11 is 0. The molecule has 0 aliphatic rings. The minimum Gasteiger partial charge on any atom is -0.314 e. The summed E-state index contributed by atoms with van der Waals surface area (Å²) in [5.74, 6) is -0.0428. The molecule has 0 spiro atoms. The first-order valence-electron chi connectivity index (χ1n) is 9.46. The van der Waals surface area contributed by atoms with Crippen molar-refractivity contribution < 1.29 is 13.2 Å². The first kappa shape index (κ1) is 22.1. The Morgan fingerprint density at radius 1 is 1.00 bits per heavy atom. The van der Waals surface area contributed by atoms with Crippen LogP contribution in [0.4, 0.5) is 5.69 Å². The molecule has 0 saturated heterocycles. The Labute approximate surface area is 168 Å². The van der Waals surface area contributed by atoms with E-state index in [9.17, 15) is 13.2 Å². The molecule has 152 valence electrons. The standard InChI is InChI=1S/C21H29N3O3S/c1-5-24(6-2)28(26,27)20-14-12-18(13-15-20)17(3)22-16-21(25)23(4)19-10-8-7-9-11-19/h7-15,17,22H,5-6,16H2,1-4H3/t17-/m0/s1. The lowest BCUT2D eigenvalue weighted by Gasteiger charge is -2.21. The maximum absolute atomic E-state index is 12.6. The number of likely N-dealkylation sites (N-methyl/N-ethyl adjacent to an activating group) is 1. The number of amides is 1. The minimum absolute atomic E-state index is 0.0428. The third-order valence-corrected chi connectivity index (χ3v) is 6.86. The van der Waals surface area contributed by atoms with Crippen LogP contribution < -0.4 is 10.2 Å². The van der Waals surface area contributed by atoms with Crippen LogP contribution in [0.2, 0.25) is 0 Å². The maximum atomic E-state index is 12.6. The van der Waals surface area contributed by atoms with Crippen LogP contribution in [0.25, 0.3) is 0 Å². The normalized spacial score (nSPS) is 12.8. The zero-order chi connectivity index (χ0) is 20.7. The molecule has 28 heavy (non-hydrogen) atoms. The van der Waals surface area contributed by atoms with E-state index in [0.29, 0.717) is 13.1 Å². The Morgan fingerprint density at radius 3 is 2.11 bits per heavy atom. The molecule has 1 amide bonds. The molecular formula is C21H29N3O3S. The molecule has 2 aromatic rings. The number of carbonyl (C=O) groups excluding carboxylic acids is 1. The molecule has 0 aliphatic heterocycles. The monoisotopic (exact) mass is 403 g/mol. The zero-order valence-electron chi connectivity index (χ0n) is 16.9. The molecule has 2 rings (SSSR count). The van der Waals surface area contributed by atoms with Crippen molar-refractivity contribution in [2.45, 2.75) is 31.7 Å². The van der Waals surface area contributed by atoms with Crippen LogP contribution >= 0.6 is 0 Å². The van der Waals surface area contributed by atoms with Gasteiger partial charge >= 0.3 is 0 Å². The van der Waals surface area contributed by atoms with Gasteiger partial charge in [-0.2, -0.15) is 4.31 Å². The van der Waals surface area contributed by atoms with Crippen LogP contribution in [0.1, 0.15) is 32.4 Å². The van der Waals surface area contributed by atoms with Gasteiger partial charge in [-0.3, -0.25) is 4.79 Å². The van der Waals surface area contributed by atoms with Gasteiger partial charge in [0.15, 0.2) is 0 Å². The van der Waals surface area contributed by atoms with Crippen LogP contribution in [0.15, 0.2) is 59.5 Å². The highest BCUT2D eigenvalue weighted by molar-refractivity contribution is 7.89. The van der Waals surface area contributed by atoms with E-state index < -0.39 is 10.0 Å². The van der Waals surface area contributed by atoms with E-state index in [1.165, 1.54) is 4.31 Å². The van der Waals surface area contributed by atoms with Gasteiger partial charge in [-0.25, -0.2) is 8.42 Å². The average Bonchev–Trinajstić information content (AvgIpc) is 2.72. The highest BCUT2D eigenvalue weighted by Gasteiger charge is 2.21. The highest BCUT2D eigenvalue weighted by Crippen LogP contribution is 2.19. The van der Waals surface area contributed by atoms with E-state index in [2.05, 4.69) is 5.32 Å². The Morgan fingerprint density at radius 2 is 1.57 bits per heavy atom. The molecule has 0 fully saturated rings. The van der Waals surface area contributed by atoms with Crippen LogP contribution in [0.5, 0.6) is 0 Å². The second-order valence-electron chi connectivity index (χ2n) is 6.55. The van der Waals surface area contributed by atoms with Gasteiger partial charge in [0.25, 0.3) is 0 Å². The van der Waals surface area contributed by atoms with Gasteiger partial charge < -0.3 is 10.2 Å². The molecule has 7 heteroatoms. The largest absolute Gasteiger partial charge is 0.314 e. The lowest BCUT2D eigenvalue weighted by molar-refractivity contribution is -0.117. The number of benzene rings is 2. The maximum Gasteiger partial charge on any atom is 0.243 e. The van der Waals surface area contributed by atoms with Crippen LogP contribution in [0, 0.1) is 0 Å². The average molecular weight is 404 g/mol.